The Balaban J connectivity index is 1.84. The van der Waals surface area contributed by atoms with Crippen LogP contribution in [0.5, 0.6) is 0 Å². The van der Waals surface area contributed by atoms with Gasteiger partial charge in [-0.1, -0.05) is 30.1 Å². The standard InChI is InChI=1S/C23H25Cl2N5O/c1-4-11-30-14-18(16(3)29-30)13-26-23(27-21-10-9-20(25)12-15(21)2)28-22(31)17-5-7-19(24)8-6-17/h5-10,12,14H,4,11,13H2,1-3H3,(H2,26,27,28,31). The molecule has 0 saturated carbocycles. The fourth-order valence-electron chi connectivity index (χ4n) is 3.01. The molecule has 8 heteroatoms. The first-order valence-corrected chi connectivity index (χ1v) is 10.8. The molecule has 31 heavy (non-hydrogen) atoms. The van der Waals surface area contributed by atoms with E-state index in [1.54, 1.807) is 30.3 Å². The maximum absolute atomic E-state index is 12.8. The van der Waals surface area contributed by atoms with Crippen LogP contribution in [0.1, 0.15) is 40.5 Å². The number of anilines is 1. The lowest BCUT2D eigenvalue weighted by atomic mass is 10.2. The number of aryl methyl sites for hydroxylation is 3. The Bertz CT molecular complexity index is 1090. The van der Waals surface area contributed by atoms with Crippen LogP contribution in [0.25, 0.3) is 0 Å². The molecule has 0 spiro atoms. The second-order valence-corrected chi connectivity index (χ2v) is 8.09. The van der Waals surface area contributed by atoms with Crippen molar-refractivity contribution in [2.75, 3.05) is 5.32 Å². The van der Waals surface area contributed by atoms with Gasteiger partial charge in [-0.15, -0.1) is 0 Å². The molecule has 3 rings (SSSR count). The van der Waals surface area contributed by atoms with Crippen LogP contribution >= 0.6 is 23.2 Å². The highest BCUT2D eigenvalue weighted by atomic mass is 35.5. The third kappa shape index (κ3) is 6.32. The normalized spacial score (nSPS) is 11.5. The van der Waals surface area contributed by atoms with Crippen molar-refractivity contribution >= 4 is 40.8 Å². The largest absolute Gasteiger partial charge is 0.326 e. The van der Waals surface area contributed by atoms with E-state index in [-0.39, 0.29) is 5.91 Å². The molecular formula is C23H25Cl2N5O. The number of nitrogens with one attached hydrogen (secondary N) is 2. The van der Waals surface area contributed by atoms with Crippen molar-refractivity contribution in [3.05, 3.63) is 81.1 Å². The van der Waals surface area contributed by atoms with Gasteiger partial charge in [0.25, 0.3) is 5.91 Å². The lowest BCUT2D eigenvalue weighted by molar-refractivity contribution is 0.0977. The molecule has 0 fully saturated rings. The molecule has 3 aromatic rings. The SMILES string of the molecule is CCCn1cc(CN=C(NC(=O)c2ccc(Cl)cc2)Nc2ccc(Cl)cc2C)c(C)n1. The summed E-state index contributed by atoms with van der Waals surface area (Å²) in [6.07, 6.45) is 3.00. The zero-order valence-electron chi connectivity index (χ0n) is 17.7. The van der Waals surface area contributed by atoms with E-state index >= 15 is 0 Å². The number of aromatic nitrogens is 2. The number of halogens is 2. The third-order valence-electron chi connectivity index (χ3n) is 4.69. The number of rotatable bonds is 6. The van der Waals surface area contributed by atoms with E-state index in [2.05, 4.69) is 27.6 Å². The predicted molar refractivity (Wildman–Crippen MR) is 127 cm³/mol. The summed E-state index contributed by atoms with van der Waals surface area (Å²) in [7, 11) is 0. The number of carbonyl (C=O) groups excluding carboxylic acids is 1. The molecule has 0 radical (unpaired) electrons. The summed E-state index contributed by atoms with van der Waals surface area (Å²) < 4.78 is 1.92. The van der Waals surface area contributed by atoms with Gasteiger partial charge in [0.1, 0.15) is 0 Å². The van der Waals surface area contributed by atoms with E-state index in [1.807, 2.05) is 36.9 Å². The van der Waals surface area contributed by atoms with Gasteiger partial charge in [0.05, 0.1) is 12.2 Å². The van der Waals surface area contributed by atoms with Crippen molar-refractivity contribution in [2.45, 2.75) is 40.3 Å². The van der Waals surface area contributed by atoms with E-state index < -0.39 is 0 Å². The van der Waals surface area contributed by atoms with E-state index in [0.29, 0.717) is 28.1 Å². The fourth-order valence-corrected chi connectivity index (χ4v) is 3.36. The summed E-state index contributed by atoms with van der Waals surface area (Å²) in [6.45, 7) is 7.24. The maximum Gasteiger partial charge on any atom is 0.257 e. The van der Waals surface area contributed by atoms with Crippen molar-refractivity contribution in [1.29, 1.82) is 0 Å². The molecule has 6 nitrogen and oxygen atoms in total. The number of hydrogen-bond acceptors (Lipinski definition) is 3. The van der Waals surface area contributed by atoms with Crippen LogP contribution in [0.2, 0.25) is 10.0 Å². The van der Waals surface area contributed by atoms with Crippen LogP contribution in [0.4, 0.5) is 5.69 Å². The van der Waals surface area contributed by atoms with Crippen LogP contribution in [0.15, 0.2) is 53.7 Å². The summed E-state index contributed by atoms with van der Waals surface area (Å²) in [5, 5.41) is 11.8. The molecular weight excluding hydrogens is 433 g/mol. The molecule has 1 heterocycles. The van der Waals surface area contributed by atoms with E-state index in [1.165, 1.54) is 0 Å². The number of carbonyl (C=O) groups is 1. The molecule has 0 aliphatic heterocycles. The average molecular weight is 458 g/mol. The van der Waals surface area contributed by atoms with E-state index in [0.717, 1.165) is 35.5 Å². The minimum Gasteiger partial charge on any atom is -0.326 e. The quantitative estimate of drug-likeness (QED) is 0.372. The smallest absolute Gasteiger partial charge is 0.257 e. The first-order chi connectivity index (χ1) is 14.9. The lowest BCUT2D eigenvalue weighted by Crippen LogP contribution is -2.36. The van der Waals surface area contributed by atoms with Gasteiger partial charge in [0.15, 0.2) is 0 Å². The number of guanidine groups is 1. The van der Waals surface area contributed by atoms with Crippen LogP contribution in [-0.2, 0) is 13.1 Å². The summed E-state index contributed by atoms with van der Waals surface area (Å²) >= 11 is 12.0. The zero-order valence-corrected chi connectivity index (χ0v) is 19.3. The van der Waals surface area contributed by atoms with Crippen molar-refractivity contribution in [1.82, 2.24) is 15.1 Å². The van der Waals surface area contributed by atoms with Crippen molar-refractivity contribution in [3.63, 3.8) is 0 Å². The van der Waals surface area contributed by atoms with Crippen LogP contribution in [0.3, 0.4) is 0 Å². The highest BCUT2D eigenvalue weighted by Gasteiger charge is 2.12. The van der Waals surface area contributed by atoms with Gasteiger partial charge in [-0.25, -0.2) is 4.99 Å². The second-order valence-electron chi connectivity index (χ2n) is 7.21. The molecule has 1 amide bonds. The number of aliphatic imine (C=N–C) groups is 1. The minimum absolute atomic E-state index is 0.284. The van der Waals surface area contributed by atoms with E-state index in [9.17, 15) is 4.79 Å². The lowest BCUT2D eigenvalue weighted by Gasteiger charge is -2.14. The highest BCUT2D eigenvalue weighted by Crippen LogP contribution is 2.20. The average Bonchev–Trinajstić information content (AvgIpc) is 3.08. The highest BCUT2D eigenvalue weighted by molar-refractivity contribution is 6.31. The van der Waals surface area contributed by atoms with Gasteiger partial charge < -0.3 is 5.32 Å². The first kappa shape index (κ1) is 22.8. The van der Waals surface area contributed by atoms with Gasteiger partial charge in [0.2, 0.25) is 5.96 Å². The second kappa shape index (κ2) is 10.5. The van der Waals surface area contributed by atoms with Crippen molar-refractivity contribution < 1.29 is 4.79 Å². The Morgan fingerprint density at radius 1 is 1.10 bits per heavy atom. The number of amides is 1. The molecule has 1 aromatic heterocycles. The zero-order chi connectivity index (χ0) is 22.4. The van der Waals surface area contributed by atoms with E-state index in [4.69, 9.17) is 23.2 Å². The molecule has 162 valence electrons. The predicted octanol–water partition coefficient (Wildman–Crippen LogP) is 5.61. The van der Waals surface area contributed by atoms with Crippen LogP contribution in [0, 0.1) is 13.8 Å². The molecule has 0 bridgehead atoms. The summed E-state index contributed by atoms with van der Waals surface area (Å²) in [5.41, 5.74) is 4.15. The molecule has 2 N–H and O–H groups in total. The Morgan fingerprint density at radius 2 is 1.81 bits per heavy atom. The number of nitrogens with zero attached hydrogens (tertiary/aromatic N) is 3. The molecule has 2 aromatic carbocycles. The minimum atomic E-state index is -0.284. The van der Waals surface area contributed by atoms with Gasteiger partial charge in [-0.2, -0.15) is 5.10 Å². The topological polar surface area (TPSA) is 71.3 Å². The van der Waals surface area contributed by atoms with Gasteiger partial charge in [-0.05, 0) is 68.3 Å². The molecule has 0 unspecified atom stereocenters. The number of benzene rings is 2. The first-order valence-electron chi connectivity index (χ1n) is 10.0. The van der Waals surface area contributed by atoms with Crippen LogP contribution in [-0.4, -0.2) is 21.6 Å². The monoisotopic (exact) mass is 457 g/mol. The third-order valence-corrected chi connectivity index (χ3v) is 5.18. The summed E-state index contributed by atoms with van der Waals surface area (Å²) in [5.74, 6) is 0.0564. The Labute approximate surface area is 192 Å². The summed E-state index contributed by atoms with van der Waals surface area (Å²) in [6, 6.07) is 12.2. The molecule has 0 saturated heterocycles. The Hall–Kier alpha value is -2.83. The Kier molecular flexibility index (Phi) is 7.71. The Morgan fingerprint density at radius 3 is 2.48 bits per heavy atom. The maximum atomic E-state index is 12.8. The summed E-state index contributed by atoms with van der Waals surface area (Å²) in [4.78, 5) is 17.4. The van der Waals surface area contributed by atoms with Crippen molar-refractivity contribution in [2.24, 2.45) is 4.99 Å². The van der Waals surface area contributed by atoms with Gasteiger partial charge in [0, 0.05) is 39.6 Å². The molecule has 0 aliphatic rings. The van der Waals surface area contributed by atoms with Gasteiger partial charge in [-0.3, -0.25) is 14.8 Å². The van der Waals surface area contributed by atoms with Crippen molar-refractivity contribution in [3.8, 4) is 0 Å². The van der Waals surface area contributed by atoms with Crippen LogP contribution < -0.4 is 10.6 Å². The number of hydrogen-bond donors (Lipinski definition) is 2. The van der Waals surface area contributed by atoms with Gasteiger partial charge >= 0.3 is 0 Å². The fraction of sp³-hybridized carbons (Fsp3) is 0.261. The molecule has 0 aliphatic carbocycles. The molecule has 0 atom stereocenters.